The quantitative estimate of drug-likeness (QED) is 0.0472. The van der Waals surface area contributed by atoms with Crippen molar-refractivity contribution < 1.29 is 28.9 Å². The normalized spacial score (nSPS) is 15.0. The maximum absolute atomic E-state index is 11.9. The Morgan fingerprint density at radius 1 is 0.582 bits per heavy atom. The lowest BCUT2D eigenvalue weighted by Crippen LogP contribution is -2.69. The summed E-state index contributed by atoms with van der Waals surface area (Å²) < 4.78 is 19.0. The van der Waals surface area contributed by atoms with Crippen LogP contribution in [0.3, 0.4) is 0 Å². The molecule has 2 aliphatic rings. The second-order valence-electron chi connectivity index (χ2n) is 22.1. The molecule has 0 bridgehead atoms. The van der Waals surface area contributed by atoms with Crippen LogP contribution in [0, 0.1) is 0 Å². The molecular formula is C59H57B13Cl7N6O6. The third-order valence-corrected chi connectivity index (χ3v) is 17.4. The summed E-state index contributed by atoms with van der Waals surface area (Å²) in [5.41, 5.74) is 9.89. The van der Waals surface area contributed by atoms with Crippen molar-refractivity contribution in [3.05, 3.63) is 208 Å². The van der Waals surface area contributed by atoms with E-state index in [0.717, 1.165) is 57.9 Å². The van der Waals surface area contributed by atoms with Crippen LogP contribution in [0.4, 0.5) is 0 Å². The number of para-hydroxylation sites is 2. The zero-order chi connectivity index (χ0) is 65.8. The zero-order valence-corrected chi connectivity index (χ0v) is 55.5. The number of hydrogen-bond donors (Lipinski definition) is 1. The summed E-state index contributed by atoms with van der Waals surface area (Å²) in [6, 6.07) is 36.6. The minimum atomic E-state index is -0.695. The number of nitrogens with zero attached hydrogens (tertiary/aromatic N) is 6. The molecule has 4 atom stereocenters. The molecule has 1 N–H and O–H groups in total. The molecule has 12 nitrogen and oxygen atoms in total. The van der Waals surface area contributed by atoms with E-state index in [1.165, 1.54) is 21.3 Å². The number of hydrogen-bond acceptors (Lipinski definition) is 10. The SMILES string of the molecule is C.CC(C)c1nnn(-c2c(Cl)cccc2Cl)c1CCl.COC(=O)c1cccc(C2CC2c2ccc(O)cc2Cl)c1.COC(=O)c1cccc(C2CC2c2ccc(OCc3c(C(C)C)nnn3-c3c(Cl)cccc3Cl)cc2Cl)c1.[B][B]B(B([B])[B])B(B([B])[B])B([B])[B]. The summed E-state index contributed by atoms with van der Waals surface area (Å²) in [5, 5.41) is 29.6. The molecule has 91 heavy (non-hydrogen) atoms. The van der Waals surface area contributed by atoms with Crippen molar-refractivity contribution in [3.63, 3.8) is 0 Å². The lowest BCUT2D eigenvalue weighted by Gasteiger charge is -2.31. The van der Waals surface area contributed by atoms with Crippen LogP contribution in [0.15, 0.2) is 121 Å². The molecule has 10 rings (SSSR count). The van der Waals surface area contributed by atoms with Crippen LogP contribution in [-0.4, -0.2) is 154 Å². The first-order valence-corrected chi connectivity index (χ1v) is 31.3. The number of esters is 2. The molecule has 2 aliphatic carbocycles. The number of rotatable bonds is 19. The predicted molar refractivity (Wildman–Crippen MR) is 387 cm³/mol. The number of carbonyl (C=O) groups is 2. The number of methoxy groups -OCH3 is 2. The minimum Gasteiger partial charge on any atom is -0.508 e. The molecule has 32 heteroatoms. The Morgan fingerprint density at radius 3 is 1.37 bits per heavy atom. The number of carbonyl (C=O) groups excluding carboxylic acids is 2. The molecule has 8 aromatic rings. The predicted octanol–water partition coefficient (Wildman–Crippen LogP) is 12.2. The Morgan fingerprint density at radius 2 is 1.00 bits per heavy atom. The molecule has 2 aromatic heterocycles. The number of ether oxygens (including phenoxy) is 3. The van der Waals surface area contributed by atoms with Crippen LogP contribution in [0.1, 0.15) is 149 Å². The van der Waals surface area contributed by atoms with Gasteiger partial charge in [0.2, 0.25) is 0 Å². The molecule has 0 aliphatic heterocycles. The molecular weight excluding hydrogens is 1280 g/mol. The third kappa shape index (κ3) is 18.9. The molecule has 2 fully saturated rings. The van der Waals surface area contributed by atoms with Gasteiger partial charge in [-0.1, -0.05) is 164 Å². The summed E-state index contributed by atoms with van der Waals surface area (Å²) in [6.45, 7) is 8.39. The lowest BCUT2D eigenvalue weighted by molar-refractivity contribution is 0.0591. The summed E-state index contributed by atoms with van der Waals surface area (Å²) in [4.78, 5) is 23.5. The molecule has 6 aromatic carbocycles. The fourth-order valence-corrected chi connectivity index (χ4v) is 12.5. The first-order chi connectivity index (χ1) is 42.8. The molecule has 0 spiro atoms. The first kappa shape index (κ1) is 75.0. The Hall–Kier alpha value is -4.99. The Bertz CT molecular complexity index is 3740. The van der Waals surface area contributed by atoms with Gasteiger partial charge in [-0.2, -0.15) is 0 Å². The molecule has 2 heterocycles. The smallest absolute Gasteiger partial charge is 0.337 e. The number of phenols is 1. The van der Waals surface area contributed by atoms with Crippen molar-refractivity contribution >= 4 is 186 Å². The highest BCUT2D eigenvalue weighted by atomic mass is 35.5. The summed E-state index contributed by atoms with van der Waals surface area (Å²) >= 11 is 44.1. The second-order valence-corrected chi connectivity index (χ2v) is 24.8. The summed E-state index contributed by atoms with van der Waals surface area (Å²) in [7, 11) is 42.3. The van der Waals surface area contributed by atoms with E-state index in [9.17, 15) is 14.7 Å². The van der Waals surface area contributed by atoms with Crippen LogP contribution < -0.4 is 4.74 Å². The Balaban J connectivity index is 0.000000211. The monoisotopic (exact) mass is 1330 g/mol. The van der Waals surface area contributed by atoms with Crippen molar-refractivity contribution in [2.45, 2.75) is 96.0 Å². The van der Waals surface area contributed by atoms with Gasteiger partial charge in [0.15, 0.2) is 0 Å². The van der Waals surface area contributed by atoms with Crippen molar-refractivity contribution in [1.82, 2.24) is 30.0 Å². The van der Waals surface area contributed by atoms with Gasteiger partial charge in [0, 0.05) is 103 Å². The fourth-order valence-electron chi connectivity index (χ4n) is 10.5. The van der Waals surface area contributed by atoms with Crippen LogP contribution in [0.2, 0.25) is 30.1 Å². The van der Waals surface area contributed by atoms with E-state index >= 15 is 0 Å². The number of aromatic hydroxyl groups is 1. The van der Waals surface area contributed by atoms with Gasteiger partial charge in [0.05, 0.1) is 68.4 Å². The van der Waals surface area contributed by atoms with Crippen LogP contribution in [-0.2, 0) is 22.0 Å². The van der Waals surface area contributed by atoms with Gasteiger partial charge in [0.25, 0.3) is 0 Å². The largest absolute Gasteiger partial charge is 0.508 e. The average Bonchev–Trinajstić information content (AvgIpc) is 1.65. The standard InChI is InChI=1S/C29H26Cl3N3O3.C17H15ClO3.C12H12Cl3N3.CH4.B13/c1-16(2)27-26(35(34-33-27)28-23(30)8-5-9-24(28)31)15-38-19-10-11-20(25(32)13-19)22-14-21(22)17-6-4-7-18(12-17)29(36)37-3;1-21-17(20)11-4-2-3-10(7-11)14-9-15(14)13-6-5-12(19)8-16(13)18;1-7(2)11-10(6-13)18(17-16-11)12-8(14)4-3-5-9(12)15;;1-8-12(9(2)3)13(10(4)5)11(6)7/h4-13,16,21-22H,14-15H2,1-3H3;2-8,14-15,19H,9H2,1H3;3-5,7H,6H2,1-2H3;1H4;. The number of halogens is 7. The molecule has 0 amide bonds. The molecule has 2 saturated carbocycles. The molecule has 0 saturated heterocycles. The van der Waals surface area contributed by atoms with Gasteiger partial charge < -0.3 is 19.3 Å². The molecule has 4 unspecified atom stereocenters. The van der Waals surface area contributed by atoms with E-state index in [-0.39, 0.29) is 55.9 Å². The van der Waals surface area contributed by atoms with Crippen molar-refractivity contribution in [2.75, 3.05) is 14.2 Å². The summed E-state index contributed by atoms with van der Waals surface area (Å²) in [6.07, 6.45) is -0.913. The number of phenolic OH excluding ortho intramolecular Hbond substituents is 1. The van der Waals surface area contributed by atoms with Gasteiger partial charge in [-0.25, -0.2) is 19.0 Å². The van der Waals surface area contributed by atoms with E-state index in [1.807, 2.05) is 88.4 Å². The third-order valence-electron chi connectivity index (χ3n) is 15.3. The minimum absolute atomic E-state index is 0. The number of alkyl halides is 1. The van der Waals surface area contributed by atoms with Crippen LogP contribution in [0.25, 0.3) is 11.4 Å². The zero-order valence-electron chi connectivity index (χ0n) is 50.2. The van der Waals surface area contributed by atoms with Crippen molar-refractivity contribution in [1.29, 1.82) is 0 Å². The first-order valence-electron chi connectivity index (χ1n) is 28.5. The van der Waals surface area contributed by atoms with E-state index in [2.05, 4.69) is 20.6 Å². The maximum atomic E-state index is 11.9. The molecule has 15 radical (unpaired) electrons. The van der Waals surface area contributed by atoms with Gasteiger partial charge in [-0.15, -0.1) is 21.8 Å². The van der Waals surface area contributed by atoms with Gasteiger partial charge in [-0.3, -0.25) is 0 Å². The molecule has 447 valence electrons. The topological polar surface area (TPSA) is 143 Å². The Kier molecular flexibility index (Phi) is 28.4. The lowest BCUT2D eigenvalue weighted by atomic mass is 8.50. The van der Waals surface area contributed by atoms with Crippen molar-refractivity contribution in [3.8, 4) is 22.9 Å². The van der Waals surface area contributed by atoms with E-state index in [4.69, 9.17) is 150 Å². The second kappa shape index (κ2) is 34.4. The fraction of sp³-hybridized carbons (Fsp3) is 0.288. The van der Waals surface area contributed by atoms with Gasteiger partial charge in [0.1, 0.15) is 35.2 Å². The van der Waals surface area contributed by atoms with E-state index < -0.39 is 25.5 Å². The Labute approximate surface area is 581 Å². The number of aromatic nitrogens is 6. The van der Waals surface area contributed by atoms with E-state index in [0.29, 0.717) is 82.0 Å². The summed E-state index contributed by atoms with van der Waals surface area (Å²) in [5.74, 6) is 2.11. The number of benzene rings is 6. The van der Waals surface area contributed by atoms with Crippen molar-refractivity contribution in [2.24, 2.45) is 0 Å². The van der Waals surface area contributed by atoms with E-state index in [1.54, 1.807) is 70.0 Å². The van der Waals surface area contributed by atoms with Crippen LogP contribution >= 0.6 is 81.2 Å². The highest BCUT2D eigenvalue weighted by Crippen LogP contribution is 2.57. The average molecular weight is 1330 g/mol. The van der Waals surface area contributed by atoms with Crippen LogP contribution in [0.5, 0.6) is 11.5 Å². The highest BCUT2D eigenvalue weighted by Gasteiger charge is 2.42. The maximum Gasteiger partial charge on any atom is 0.337 e. The van der Waals surface area contributed by atoms with Gasteiger partial charge >= 0.3 is 11.9 Å². The van der Waals surface area contributed by atoms with Gasteiger partial charge in [-0.05, 0) is 143 Å². The highest BCUT2D eigenvalue weighted by molar-refractivity contribution is 8.07.